The van der Waals surface area contributed by atoms with Crippen LogP contribution in [0.4, 0.5) is 52.7 Å². The van der Waals surface area contributed by atoms with Gasteiger partial charge in [0.1, 0.15) is 0 Å². The fourth-order valence-corrected chi connectivity index (χ4v) is 22.6. The topological polar surface area (TPSA) is 158 Å². The summed E-state index contributed by atoms with van der Waals surface area (Å²) in [6.45, 7) is 27.9. The largest absolute Gasteiger partial charge is 0.465 e. The number of ether oxygens (including phenoxy) is 6. The lowest BCUT2D eigenvalue weighted by Crippen LogP contribution is -2.38. The third kappa shape index (κ3) is 66.8. The van der Waals surface area contributed by atoms with Crippen molar-refractivity contribution in [3.05, 3.63) is 215 Å². The normalized spacial score (nSPS) is 23.7. The molecule has 18 aliphatic carbocycles. The number of methoxy groups -OCH3 is 3. The first-order valence-corrected chi connectivity index (χ1v) is 55.5. The average molecular weight is 2110 g/mol. The standard InChI is InChI=1S/4C10H16.6C7H8.2C6H12.3C5H8F2O2.3C4H6F2O2.2C2H6/c4*1-7-2-9-4-8(1)5-10(3-7)6-9;6*1-7-5-3-2-4-6-7;2*1-2-4-6-5-3-1;3*1-3-9-4(8)5(2,6)7;3*1-4(5,6)3(7)8-2;2*1-2/h4*7-10H,1-6H2;6*2-6H,1H3;2*1-6H2;3*3H2,1-2H3;3*1-2H3;2*1-2H3. The molecular formula is C125H190F12O12. The minimum atomic E-state index is -3.35. The molecule has 18 aliphatic rings. The van der Waals surface area contributed by atoms with Crippen LogP contribution in [0.3, 0.4) is 0 Å². The number of esters is 6. The zero-order valence-electron chi connectivity index (χ0n) is 94.6. The van der Waals surface area contributed by atoms with Crippen LogP contribution in [0.1, 0.15) is 355 Å². The van der Waals surface area contributed by atoms with E-state index in [-0.39, 0.29) is 19.8 Å². The highest BCUT2D eigenvalue weighted by Gasteiger charge is 2.46. The second-order valence-electron chi connectivity index (χ2n) is 42.7. The van der Waals surface area contributed by atoms with Gasteiger partial charge in [-0.05, 0) is 311 Å². The van der Waals surface area contributed by atoms with Crippen LogP contribution in [0.2, 0.25) is 0 Å². The molecule has 6 aromatic carbocycles. The molecule has 24 heteroatoms. The van der Waals surface area contributed by atoms with Crippen molar-refractivity contribution in [3.63, 3.8) is 0 Å². The molecule has 0 atom stereocenters. The van der Waals surface area contributed by atoms with E-state index < -0.39 is 71.4 Å². The minimum Gasteiger partial charge on any atom is -0.465 e. The van der Waals surface area contributed by atoms with Gasteiger partial charge in [-0.25, -0.2) is 28.8 Å². The Balaban J connectivity index is 0.000000789. The highest BCUT2D eigenvalue weighted by atomic mass is 19.3. The molecular weight excluding hydrogens is 1920 g/mol. The maximum Gasteiger partial charge on any atom is 0.376 e. The van der Waals surface area contributed by atoms with Crippen LogP contribution >= 0.6 is 0 Å². The van der Waals surface area contributed by atoms with Crippen molar-refractivity contribution < 1.29 is 110 Å². The molecule has 846 valence electrons. The van der Waals surface area contributed by atoms with Crippen molar-refractivity contribution in [2.45, 2.75) is 398 Å². The summed E-state index contributed by atoms with van der Waals surface area (Å²) in [4.78, 5) is 59.9. The Morgan fingerprint density at radius 3 is 0.322 bits per heavy atom. The van der Waals surface area contributed by atoms with Gasteiger partial charge in [-0.3, -0.25) is 0 Å². The molecule has 24 rings (SSSR count). The van der Waals surface area contributed by atoms with Gasteiger partial charge in [0.15, 0.2) is 0 Å². The molecule has 12 nitrogen and oxygen atoms in total. The fraction of sp³-hybridized carbons (Fsp3) is 0.664. The molecule has 149 heavy (non-hydrogen) atoms. The Morgan fingerprint density at radius 1 is 0.195 bits per heavy atom. The van der Waals surface area contributed by atoms with Crippen molar-refractivity contribution in [1.29, 1.82) is 0 Å². The van der Waals surface area contributed by atoms with E-state index in [2.05, 4.69) is 143 Å². The molecule has 0 aromatic heterocycles. The lowest BCUT2D eigenvalue weighted by molar-refractivity contribution is -0.169. The Kier molecular flexibility index (Phi) is 71.3. The van der Waals surface area contributed by atoms with E-state index in [4.69, 9.17) is 0 Å². The monoisotopic (exact) mass is 2110 g/mol. The highest BCUT2D eigenvalue weighted by Crippen LogP contribution is 2.57. The molecule has 0 unspecified atom stereocenters. The minimum absolute atomic E-state index is 0.0116. The molecule has 0 N–H and O–H groups in total. The average Bonchev–Trinajstić information content (AvgIpc) is 0.802. The third-order valence-electron chi connectivity index (χ3n) is 28.2. The molecule has 6 aromatic rings. The van der Waals surface area contributed by atoms with Crippen molar-refractivity contribution >= 4 is 35.8 Å². The van der Waals surface area contributed by atoms with Crippen LogP contribution in [0.25, 0.3) is 0 Å². The van der Waals surface area contributed by atoms with E-state index in [1.165, 1.54) is 226 Å². The lowest BCUT2D eigenvalue weighted by atomic mass is 9.56. The van der Waals surface area contributed by atoms with Crippen molar-refractivity contribution in [3.8, 4) is 0 Å². The Morgan fingerprint density at radius 2 is 0.282 bits per heavy atom. The van der Waals surface area contributed by atoms with Gasteiger partial charge in [-0.2, -0.15) is 52.7 Å². The summed E-state index contributed by atoms with van der Waals surface area (Å²) in [6, 6.07) is 61.6. The Labute approximate surface area is 890 Å². The van der Waals surface area contributed by atoms with Gasteiger partial charge in [0.05, 0.1) is 41.2 Å². The molecule has 0 heterocycles. The van der Waals surface area contributed by atoms with E-state index in [0.29, 0.717) is 41.5 Å². The van der Waals surface area contributed by atoms with Gasteiger partial charge in [-0.15, -0.1) is 0 Å². The zero-order chi connectivity index (χ0) is 112. The maximum atomic E-state index is 11.8. The Bertz CT molecular complexity index is 3530. The third-order valence-corrected chi connectivity index (χ3v) is 28.2. The lowest BCUT2D eigenvalue weighted by Gasteiger charge is -2.49. The summed E-state index contributed by atoms with van der Waals surface area (Å²) in [5.41, 5.74) is 7.93. The van der Waals surface area contributed by atoms with E-state index >= 15 is 0 Å². The molecule has 0 spiro atoms. The van der Waals surface area contributed by atoms with Gasteiger partial charge in [0.2, 0.25) is 0 Å². The van der Waals surface area contributed by atoms with Crippen molar-refractivity contribution in [2.75, 3.05) is 41.2 Å². The first-order valence-electron chi connectivity index (χ1n) is 55.5. The SMILES string of the molecule is C1C2CC3CC1CC(C2)C3.C1C2CC3CC1CC(C2)C3.C1C2CC3CC1CC(C2)C3.C1C2CC3CC1CC(C2)C3.C1CCCCC1.C1CCCCC1.CC.CC.CCOC(=O)C(C)(F)F.CCOC(=O)C(C)(F)F.CCOC(=O)C(C)(F)F.COC(=O)C(C)(F)F.COC(=O)C(C)(F)F.COC(=O)C(C)(F)F.Cc1ccccc1.Cc1ccccc1.Cc1ccccc1.Cc1ccccc1.Cc1ccccc1.Cc1ccccc1. The number of carbonyl (C=O) groups is 6. The van der Waals surface area contributed by atoms with Crippen molar-refractivity contribution in [1.82, 2.24) is 0 Å². The molecule has 18 saturated carbocycles. The number of rotatable bonds is 9. The van der Waals surface area contributed by atoms with Crippen molar-refractivity contribution in [2.24, 2.45) is 94.7 Å². The molecule has 0 radical (unpaired) electrons. The smallest absolute Gasteiger partial charge is 0.376 e. The molecule has 16 bridgehead atoms. The summed E-state index contributed by atoms with van der Waals surface area (Å²) in [7, 11) is 2.75. The molecule has 0 aliphatic heterocycles. The zero-order valence-corrected chi connectivity index (χ0v) is 94.6. The molecule has 0 saturated heterocycles. The van der Waals surface area contributed by atoms with E-state index in [1.807, 2.05) is 137 Å². The number of alkyl halides is 12. The van der Waals surface area contributed by atoms with Crippen LogP contribution in [-0.2, 0) is 57.2 Å². The molecule has 18 fully saturated rings. The van der Waals surface area contributed by atoms with Crippen LogP contribution in [-0.4, -0.2) is 113 Å². The number of aryl methyl sites for hydroxylation is 6. The fourth-order valence-electron chi connectivity index (χ4n) is 22.6. The summed E-state index contributed by atoms with van der Waals surface area (Å²) >= 11 is 0. The quantitative estimate of drug-likeness (QED) is 0.0768. The van der Waals surface area contributed by atoms with Gasteiger partial charge in [-0.1, -0.05) is 320 Å². The summed E-state index contributed by atoms with van der Waals surface area (Å²) in [6.07, 6.45) is 56.5. The van der Waals surface area contributed by atoms with Gasteiger partial charge >= 0.3 is 71.4 Å². The van der Waals surface area contributed by atoms with E-state index in [9.17, 15) is 81.5 Å². The summed E-state index contributed by atoms with van der Waals surface area (Å²) < 4.78 is 164. The van der Waals surface area contributed by atoms with Gasteiger partial charge < -0.3 is 28.4 Å². The van der Waals surface area contributed by atoms with Crippen LogP contribution in [0.5, 0.6) is 0 Å². The number of carbonyl (C=O) groups excluding carboxylic acids is 6. The predicted octanol–water partition coefficient (Wildman–Crippen LogP) is 36.1. The first-order chi connectivity index (χ1) is 70.3. The first kappa shape index (κ1) is 138. The molecule has 0 amide bonds. The van der Waals surface area contributed by atoms with E-state index in [0.717, 1.165) is 21.3 Å². The van der Waals surface area contributed by atoms with Crippen LogP contribution < -0.4 is 0 Å². The van der Waals surface area contributed by atoms with Gasteiger partial charge in [0, 0.05) is 41.5 Å². The summed E-state index contributed by atoms with van der Waals surface area (Å²) in [5, 5.41) is 0. The Hall–Kier alpha value is -8.70. The number of halogens is 12. The summed E-state index contributed by atoms with van der Waals surface area (Å²) in [5.74, 6) is -10.2. The van der Waals surface area contributed by atoms with Crippen LogP contribution in [0, 0.1) is 136 Å². The maximum absolute atomic E-state index is 11.8. The second-order valence-corrected chi connectivity index (χ2v) is 42.7. The second kappa shape index (κ2) is 76.8. The van der Waals surface area contributed by atoms with Crippen LogP contribution in [0.15, 0.2) is 182 Å². The predicted molar refractivity (Wildman–Crippen MR) is 581 cm³/mol. The number of hydrogen-bond acceptors (Lipinski definition) is 12. The number of benzene rings is 6. The van der Waals surface area contributed by atoms with E-state index in [1.54, 1.807) is 154 Å². The van der Waals surface area contributed by atoms with Gasteiger partial charge in [0.25, 0.3) is 0 Å². The number of hydrogen-bond donors (Lipinski definition) is 0. The highest BCUT2D eigenvalue weighted by molar-refractivity contribution is 5.78.